The molecule has 0 radical (unpaired) electrons. The number of nitrogens with one attached hydrogen (secondary N) is 1. The van der Waals surface area contributed by atoms with Crippen molar-refractivity contribution in [1.29, 1.82) is 0 Å². The molecule has 1 aromatic heterocycles. The highest BCUT2D eigenvalue weighted by molar-refractivity contribution is 7.99. The van der Waals surface area contributed by atoms with E-state index in [-0.39, 0.29) is 5.91 Å². The Kier molecular flexibility index (Phi) is 6.01. The second-order valence-electron chi connectivity index (χ2n) is 5.89. The van der Waals surface area contributed by atoms with Crippen LogP contribution in [-0.4, -0.2) is 17.1 Å². The number of carbonyl (C=O) groups is 1. The molecule has 0 unspecified atom stereocenters. The smallest absolute Gasteiger partial charge is 0.258 e. The van der Waals surface area contributed by atoms with Gasteiger partial charge in [-0.2, -0.15) is 0 Å². The van der Waals surface area contributed by atoms with Crippen molar-refractivity contribution in [3.8, 4) is 0 Å². The van der Waals surface area contributed by atoms with Crippen molar-refractivity contribution in [2.75, 3.05) is 11.6 Å². The van der Waals surface area contributed by atoms with E-state index in [4.69, 9.17) is 0 Å². The van der Waals surface area contributed by atoms with Crippen LogP contribution in [0.25, 0.3) is 0 Å². The van der Waals surface area contributed by atoms with Gasteiger partial charge in [-0.1, -0.05) is 17.8 Å². The third kappa shape index (κ3) is 4.48. The number of pyridine rings is 1. The molecule has 3 nitrogen and oxygen atoms in total. The Hall–Kier alpha value is -2.24. The second-order valence-corrected chi connectivity index (χ2v) is 7.83. The molecule has 0 saturated carbocycles. The van der Waals surface area contributed by atoms with Crippen LogP contribution in [0.5, 0.6) is 0 Å². The Morgan fingerprint density at radius 2 is 1.69 bits per heavy atom. The lowest BCUT2D eigenvalue weighted by Gasteiger charge is -2.10. The van der Waals surface area contributed by atoms with Crippen molar-refractivity contribution in [2.45, 2.75) is 28.7 Å². The fourth-order valence-electron chi connectivity index (χ4n) is 2.41. The lowest BCUT2D eigenvalue weighted by atomic mass is 10.1. The van der Waals surface area contributed by atoms with E-state index in [9.17, 15) is 4.79 Å². The summed E-state index contributed by atoms with van der Waals surface area (Å²) in [5.41, 5.74) is 3.83. The second kappa shape index (κ2) is 8.43. The Morgan fingerprint density at radius 3 is 2.38 bits per heavy atom. The van der Waals surface area contributed by atoms with Crippen molar-refractivity contribution in [3.63, 3.8) is 0 Å². The molecule has 132 valence electrons. The normalized spacial score (nSPS) is 10.6. The van der Waals surface area contributed by atoms with Crippen LogP contribution in [0.3, 0.4) is 0 Å². The highest BCUT2D eigenvalue weighted by Gasteiger charge is 2.14. The van der Waals surface area contributed by atoms with Gasteiger partial charge in [0.2, 0.25) is 0 Å². The number of aryl methyl sites for hydroxylation is 2. The third-order valence-corrected chi connectivity index (χ3v) is 5.81. The molecule has 0 spiro atoms. The molecule has 0 atom stereocenters. The Labute approximate surface area is 162 Å². The first kappa shape index (κ1) is 18.5. The van der Waals surface area contributed by atoms with Gasteiger partial charge in [-0.25, -0.2) is 4.98 Å². The van der Waals surface area contributed by atoms with E-state index in [0.29, 0.717) is 10.6 Å². The van der Waals surface area contributed by atoms with Gasteiger partial charge in [0.15, 0.2) is 0 Å². The molecule has 0 bridgehead atoms. The number of hydrogen-bond donors (Lipinski definition) is 1. The Bertz CT molecular complexity index is 924. The summed E-state index contributed by atoms with van der Waals surface area (Å²) >= 11 is 3.18. The zero-order chi connectivity index (χ0) is 18.5. The number of hydrogen-bond acceptors (Lipinski definition) is 4. The minimum atomic E-state index is -0.152. The van der Waals surface area contributed by atoms with Crippen LogP contribution in [0.2, 0.25) is 0 Å². The molecule has 0 aliphatic heterocycles. The van der Waals surface area contributed by atoms with E-state index in [2.05, 4.69) is 42.3 Å². The minimum absolute atomic E-state index is 0.152. The van der Waals surface area contributed by atoms with Crippen molar-refractivity contribution >= 4 is 35.1 Å². The number of rotatable bonds is 5. The van der Waals surface area contributed by atoms with E-state index < -0.39 is 0 Å². The molecule has 0 aliphatic rings. The van der Waals surface area contributed by atoms with Gasteiger partial charge >= 0.3 is 0 Å². The molecular weight excluding hydrogens is 360 g/mol. The lowest BCUT2D eigenvalue weighted by molar-refractivity contribution is 0.102. The fraction of sp³-hybridized carbons (Fsp3) is 0.143. The fourth-order valence-corrected chi connectivity index (χ4v) is 3.79. The molecule has 1 N–H and O–H groups in total. The predicted molar refractivity (Wildman–Crippen MR) is 110 cm³/mol. The summed E-state index contributed by atoms with van der Waals surface area (Å²) in [5.74, 6) is -0.152. The maximum atomic E-state index is 12.7. The van der Waals surface area contributed by atoms with Crippen LogP contribution >= 0.6 is 23.5 Å². The summed E-state index contributed by atoms with van der Waals surface area (Å²) in [5, 5.41) is 3.66. The summed E-state index contributed by atoms with van der Waals surface area (Å²) in [7, 11) is 0. The highest BCUT2D eigenvalue weighted by atomic mass is 32.2. The van der Waals surface area contributed by atoms with Gasteiger partial charge < -0.3 is 5.32 Å². The zero-order valence-electron chi connectivity index (χ0n) is 14.9. The van der Waals surface area contributed by atoms with Crippen molar-refractivity contribution < 1.29 is 4.79 Å². The van der Waals surface area contributed by atoms with Crippen LogP contribution < -0.4 is 5.32 Å². The molecule has 5 heteroatoms. The third-order valence-electron chi connectivity index (χ3n) is 4.06. The standard InChI is InChI=1S/C21H20N2OS2/c1-14-6-9-18(13-15(14)2)26-21-19(5-4-12-22-21)20(24)23-16-7-10-17(25-3)11-8-16/h4-13H,1-3H3,(H,23,24). The summed E-state index contributed by atoms with van der Waals surface area (Å²) in [6.07, 6.45) is 3.74. The molecule has 0 saturated heterocycles. The van der Waals surface area contributed by atoms with Crippen molar-refractivity contribution in [3.05, 3.63) is 77.5 Å². The van der Waals surface area contributed by atoms with Crippen LogP contribution in [-0.2, 0) is 0 Å². The molecule has 26 heavy (non-hydrogen) atoms. The van der Waals surface area contributed by atoms with Gasteiger partial charge in [-0.3, -0.25) is 4.79 Å². The average molecular weight is 381 g/mol. The van der Waals surface area contributed by atoms with Gasteiger partial charge in [0.05, 0.1) is 5.56 Å². The average Bonchev–Trinajstić information content (AvgIpc) is 2.66. The summed E-state index contributed by atoms with van der Waals surface area (Å²) in [6, 6.07) is 17.7. The number of amides is 1. The maximum Gasteiger partial charge on any atom is 0.258 e. The van der Waals surface area contributed by atoms with Gasteiger partial charge in [-0.15, -0.1) is 11.8 Å². The molecule has 3 aromatic rings. The highest BCUT2D eigenvalue weighted by Crippen LogP contribution is 2.30. The van der Waals surface area contributed by atoms with Gasteiger partial charge in [0, 0.05) is 21.7 Å². The number of nitrogens with zero attached hydrogens (tertiary/aromatic N) is 1. The molecule has 0 fully saturated rings. The lowest BCUT2D eigenvalue weighted by Crippen LogP contribution is -2.13. The largest absolute Gasteiger partial charge is 0.322 e. The Balaban J connectivity index is 1.81. The number of anilines is 1. The predicted octanol–water partition coefficient (Wildman–Crippen LogP) is 5.82. The Morgan fingerprint density at radius 1 is 0.962 bits per heavy atom. The number of aromatic nitrogens is 1. The molecular formula is C21H20N2OS2. The number of carbonyl (C=O) groups excluding carboxylic acids is 1. The van der Waals surface area contributed by atoms with Crippen LogP contribution in [0.1, 0.15) is 21.5 Å². The van der Waals surface area contributed by atoms with E-state index in [1.54, 1.807) is 24.0 Å². The van der Waals surface area contributed by atoms with Gasteiger partial charge in [0.1, 0.15) is 5.03 Å². The first-order valence-electron chi connectivity index (χ1n) is 8.22. The summed E-state index contributed by atoms with van der Waals surface area (Å²) in [4.78, 5) is 19.4. The minimum Gasteiger partial charge on any atom is -0.322 e. The van der Waals surface area contributed by atoms with Crippen LogP contribution in [0.4, 0.5) is 5.69 Å². The van der Waals surface area contributed by atoms with E-state index in [0.717, 1.165) is 15.5 Å². The molecule has 1 amide bonds. The van der Waals surface area contributed by atoms with Crippen LogP contribution in [0, 0.1) is 13.8 Å². The van der Waals surface area contributed by atoms with E-state index >= 15 is 0 Å². The quantitative estimate of drug-likeness (QED) is 0.566. The molecule has 3 rings (SSSR count). The molecule has 1 heterocycles. The van der Waals surface area contributed by atoms with E-state index in [1.165, 1.54) is 22.9 Å². The van der Waals surface area contributed by atoms with Gasteiger partial charge in [0.25, 0.3) is 5.91 Å². The molecule has 2 aromatic carbocycles. The first-order chi connectivity index (χ1) is 12.6. The summed E-state index contributed by atoms with van der Waals surface area (Å²) in [6.45, 7) is 4.18. The number of benzene rings is 2. The molecule has 0 aliphatic carbocycles. The van der Waals surface area contributed by atoms with Crippen LogP contribution in [0.15, 0.2) is 75.6 Å². The van der Waals surface area contributed by atoms with E-state index in [1.807, 2.05) is 36.6 Å². The number of thioether (sulfide) groups is 1. The topological polar surface area (TPSA) is 42.0 Å². The maximum absolute atomic E-state index is 12.7. The van der Waals surface area contributed by atoms with Gasteiger partial charge in [-0.05, 0) is 79.8 Å². The van der Waals surface area contributed by atoms with Crippen molar-refractivity contribution in [2.24, 2.45) is 0 Å². The monoisotopic (exact) mass is 380 g/mol. The first-order valence-corrected chi connectivity index (χ1v) is 10.3. The SMILES string of the molecule is CSc1ccc(NC(=O)c2cccnc2Sc2ccc(C)c(C)c2)cc1. The zero-order valence-corrected chi connectivity index (χ0v) is 16.6. The van der Waals surface area contributed by atoms with Crippen molar-refractivity contribution in [1.82, 2.24) is 4.98 Å². The summed E-state index contributed by atoms with van der Waals surface area (Å²) < 4.78 is 0.